The SMILES string of the molecule is ClCN1C=Nc2ccc(Cl)cc2C1. The summed E-state index contributed by atoms with van der Waals surface area (Å²) >= 11 is 11.6. The third-order valence-corrected chi connectivity index (χ3v) is 2.47. The van der Waals surface area contributed by atoms with Crippen LogP contribution in [0.25, 0.3) is 0 Å². The average Bonchev–Trinajstić information content (AvgIpc) is 2.16. The minimum Gasteiger partial charge on any atom is -0.344 e. The molecule has 1 aromatic carbocycles. The van der Waals surface area contributed by atoms with Gasteiger partial charge < -0.3 is 4.90 Å². The van der Waals surface area contributed by atoms with Crippen LogP contribution in [-0.2, 0) is 6.54 Å². The molecule has 1 aromatic rings. The predicted octanol–water partition coefficient (Wildman–Crippen LogP) is 3.01. The molecule has 0 unspecified atom stereocenters. The Morgan fingerprint density at radius 1 is 1.46 bits per heavy atom. The molecular weight excluding hydrogens is 207 g/mol. The lowest BCUT2D eigenvalue weighted by molar-refractivity contribution is 0.487. The third-order valence-electron chi connectivity index (χ3n) is 1.93. The molecule has 0 aliphatic carbocycles. The van der Waals surface area contributed by atoms with Gasteiger partial charge in [-0.3, -0.25) is 0 Å². The first-order valence-electron chi connectivity index (χ1n) is 3.92. The summed E-state index contributed by atoms with van der Waals surface area (Å²) in [6.45, 7) is 0.781. The van der Waals surface area contributed by atoms with Crippen LogP contribution in [0, 0.1) is 0 Å². The molecule has 0 aromatic heterocycles. The van der Waals surface area contributed by atoms with Crippen molar-refractivity contribution in [2.45, 2.75) is 6.54 Å². The largest absolute Gasteiger partial charge is 0.344 e. The highest BCUT2D eigenvalue weighted by Gasteiger charge is 2.10. The Balaban J connectivity index is 2.36. The summed E-state index contributed by atoms with van der Waals surface area (Å²) in [7, 11) is 0. The molecule has 2 nitrogen and oxygen atoms in total. The fourth-order valence-corrected chi connectivity index (χ4v) is 1.62. The molecule has 1 aliphatic heterocycles. The second kappa shape index (κ2) is 3.56. The highest BCUT2D eigenvalue weighted by atomic mass is 35.5. The molecule has 1 heterocycles. The van der Waals surface area contributed by atoms with Crippen LogP contribution >= 0.6 is 23.2 Å². The number of halogens is 2. The Kier molecular flexibility index (Phi) is 2.42. The molecule has 2 rings (SSSR count). The van der Waals surface area contributed by atoms with Crippen molar-refractivity contribution in [3.05, 3.63) is 28.8 Å². The fourth-order valence-electron chi connectivity index (χ4n) is 1.28. The minimum atomic E-state index is 0.454. The smallest absolute Gasteiger partial charge is 0.0940 e. The molecule has 0 amide bonds. The van der Waals surface area contributed by atoms with Gasteiger partial charge in [0.25, 0.3) is 0 Å². The third kappa shape index (κ3) is 1.79. The first-order chi connectivity index (χ1) is 6.29. The zero-order chi connectivity index (χ0) is 9.26. The molecule has 13 heavy (non-hydrogen) atoms. The Morgan fingerprint density at radius 3 is 3.08 bits per heavy atom. The molecule has 4 heteroatoms. The molecule has 0 saturated heterocycles. The van der Waals surface area contributed by atoms with Gasteiger partial charge in [-0.1, -0.05) is 11.6 Å². The number of benzene rings is 1. The van der Waals surface area contributed by atoms with E-state index in [-0.39, 0.29) is 0 Å². The second-order valence-corrected chi connectivity index (χ2v) is 3.56. The lowest BCUT2D eigenvalue weighted by Gasteiger charge is -2.21. The van der Waals surface area contributed by atoms with Crippen LogP contribution in [0.15, 0.2) is 23.2 Å². The highest BCUT2D eigenvalue weighted by molar-refractivity contribution is 6.30. The number of hydrogen-bond donors (Lipinski definition) is 0. The number of aliphatic imine (C=N–C) groups is 1. The molecule has 0 fully saturated rings. The van der Waals surface area contributed by atoms with Gasteiger partial charge in [-0.25, -0.2) is 4.99 Å². The lowest BCUT2D eigenvalue weighted by Crippen LogP contribution is -2.22. The van der Waals surface area contributed by atoms with Gasteiger partial charge in [0.2, 0.25) is 0 Å². The van der Waals surface area contributed by atoms with Crippen LogP contribution < -0.4 is 0 Å². The van der Waals surface area contributed by atoms with Gasteiger partial charge in [0, 0.05) is 11.6 Å². The van der Waals surface area contributed by atoms with E-state index in [4.69, 9.17) is 23.2 Å². The Bertz CT molecular complexity index is 349. The van der Waals surface area contributed by atoms with Gasteiger partial charge >= 0.3 is 0 Å². The molecule has 0 radical (unpaired) electrons. The molecule has 0 N–H and O–H groups in total. The Morgan fingerprint density at radius 2 is 2.31 bits per heavy atom. The van der Waals surface area contributed by atoms with Crippen molar-refractivity contribution < 1.29 is 0 Å². The van der Waals surface area contributed by atoms with E-state index in [0.29, 0.717) is 6.00 Å². The van der Waals surface area contributed by atoms with E-state index in [9.17, 15) is 0 Å². The first-order valence-corrected chi connectivity index (χ1v) is 4.83. The minimum absolute atomic E-state index is 0.454. The summed E-state index contributed by atoms with van der Waals surface area (Å²) in [5.74, 6) is 0. The van der Waals surface area contributed by atoms with Crippen molar-refractivity contribution in [3.63, 3.8) is 0 Å². The summed E-state index contributed by atoms with van der Waals surface area (Å²) in [5.41, 5.74) is 2.10. The Hall–Kier alpha value is -0.730. The van der Waals surface area contributed by atoms with Crippen LogP contribution in [0.3, 0.4) is 0 Å². The van der Waals surface area contributed by atoms with Crippen LogP contribution in [0.1, 0.15) is 5.56 Å². The maximum Gasteiger partial charge on any atom is 0.0940 e. The Labute approximate surface area is 86.8 Å². The van der Waals surface area contributed by atoms with Crippen molar-refractivity contribution in [1.29, 1.82) is 0 Å². The molecule has 0 atom stereocenters. The fraction of sp³-hybridized carbons (Fsp3) is 0.222. The quantitative estimate of drug-likeness (QED) is 0.519. The van der Waals surface area contributed by atoms with Gasteiger partial charge in [0.05, 0.1) is 18.0 Å². The predicted molar refractivity (Wildman–Crippen MR) is 55.9 cm³/mol. The molecule has 0 saturated carbocycles. The zero-order valence-electron chi connectivity index (χ0n) is 6.87. The van der Waals surface area contributed by atoms with Crippen LogP contribution in [0.5, 0.6) is 0 Å². The van der Waals surface area contributed by atoms with Crippen LogP contribution in [0.4, 0.5) is 5.69 Å². The molecule has 0 spiro atoms. The van der Waals surface area contributed by atoms with Crippen molar-refractivity contribution in [3.8, 4) is 0 Å². The molecule has 1 aliphatic rings. The maximum absolute atomic E-state index is 5.86. The van der Waals surface area contributed by atoms with E-state index >= 15 is 0 Å². The number of hydrogen-bond acceptors (Lipinski definition) is 2. The van der Waals surface area contributed by atoms with Crippen LogP contribution in [0.2, 0.25) is 5.02 Å². The van der Waals surface area contributed by atoms with E-state index in [1.807, 2.05) is 23.1 Å². The van der Waals surface area contributed by atoms with Crippen molar-refractivity contribution in [2.24, 2.45) is 4.99 Å². The zero-order valence-corrected chi connectivity index (χ0v) is 8.39. The molecular formula is C9H8Cl2N2. The van der Waals surface area contributed by atoms with Crippen molar-refractivity contribution in [1.82, 2.24) is 4.90 Å². The number of fused-ring (bicyclic) bond motifs is 1. The van der Waals surface area contributed by atoms with Gasteiger partial charge in [0.15, 0.2) is 0 Å². The molecule has 0 bridgehead atoms. The van der Waals surface area contributed by atoms with Crippen molar-refractivity contribution in [2.75, 3.05) is 6.00 Å². The van der Waals surface area contributed by atoms with Gasteiger partial charge in [0.1, 0.15) is 0 Å². The normalized spacial score (nSPS) is 14.5. The second-order valence-electron chi connectivity index (χ2n) is 2.88. The van der Waals surface area contributed by atoms with E-state index in [0.717, 1.165) is 22.8 Å². The average molecular weight is 215 g/mol. The summed E-state index contributed by atoms with van der Waals surface area (Å²) in [6, 6.07) is 6.14. The first kappa shape index (κ1) is 8.85. The number of nitrogens with zero attached hydrogens (tertiary/aromatic N) is 2. The summed E-state index contributed by atoms with van der Waals surface area (Å²) < 4.78 is 0. The topological polar surface area (TPSA) is 15.6 Å². The summed E-state index contributed by atoms with van der Waals surface area (Å²) in [5, 5.41) is 0.741. The van der Waals surface area contributed by atoms with E-state index < -0.39 is 0 Å². The summed E-state index contributed by atoms with van der Waals surface area (Å²) in [6.07, 6.45) is 1.75. The highest BCUT2D eigenvalue weighted by Crippen LogP contribution is 2.26. The van der Waals surface area contributed by atoms with Gasteiger partial charge in [-0.05, 0) is 23.8 Å². The van der Waals surface area contributed by atoms with Gasteiger partial charge in [-0.15, -0.1) is 11.6 Å². The van der Waals surface area contributed by atoms with Crippen molar-refractivity contribution >= 4 is 35.2 Å². The molecule has 68 valence electrons. The van der Waals surface area contributed by atoms with E-state index in [1.54, 1.807) is 6.34 Å². The van der Waals surface area contributed by atoms with Gasteiger partial charge in [-0.2, -0.15) is 0 Å². The monoisotopic (exact) mass is 214 g/mol. The summed E-state index contributed by atoms with van der Waals surface area (Å²) in [4.78, 5) is 6.16. The number of alkyl halides is 1. The van der Waals surface area contributed by atoms with E-state index in [2.05, 4.69) is 4.99 Å². The van der Waals surface area contributed by atoms with Crippen LogP contribution in [-0.4, -0.2) is 17.2 Å². The standard InChI is InChI=1S/C9H8Cl2N2/c10-5-13-4-7-3-8(11)1-2-9(7)12-6-13/h1-3,6H,4-5H2. The maximum atomic E-state index is 5.86. The lowest BCUT2D eigenvalue weighted by atomic mass is 10.1. The van der Waals surface area contributed by atoms with E-state index in [1.165, 1.54) is 0 Å². The number of rotatable bonds is 1.